The summed E-state index contributed by atoms with van der Waals surface area (Å²) in [6.07, 6.45) is 6.94. The molecule has 0 aliphatic heterocycles. The van der Waals surface area contributed by atoms with Crippen molar-refractivity contribution in [2.24, 2.45) is 11.8 Å². The average molecular weight is 287 g/mol. The van der Waals surface area contributed by atoms with E-state index in [9.17, 15) is 0 Å². The van der Waals surface area contributed by atoms with Crippen LogP contribution < -0.4 is 5.32 Å². The number of ether oxygens (including phenoxy) is 1. The minimum absolute atomic E-state index is 0.465. The summed E-state index contributed by atoms with van der Waals surface area (Å²) in [5.41, 5.74) is 2.68. The summed E-state index contributed by atoms with van der Waals surface area (Å²) < 4.78 is 6.12. The zero-order valence-electron chi connectivity index (χ0n) is 13.5. The average Bonchev–Trinajstić information content (AvgIpc) is 3.32. The maximum atomic E-state index is 6.12. The minimum atomic E-state index is 0.465. The monoisotopic (exact) mass is 287 g/mol. The van der Waals surface area contributed by atoms with Crippen LogP contribution in [-0.4, -0.2) is 12.1 Å². The van der Waals surface area contributed by atoms with Crippen LogP contribution in [0.1, 0.15) is 57.1 Å². The predicted molar refractivity (Wildman–Crippen MR) is 87.1 cm³/mol. The van der Waals surface area contributed by atoms with E-state index in [1.165, 1.54) is 43.2 Å². The van der Waals surface area contributed by atoms with Gasteiger partial charge >= 0.3 is 0 Å². The summed E-state index contributed by atoms with van der Waals surface area (Å²) in [6.45, 7) is 6.50. The highest BCUT2D eigenvalue weighted by molar-refractivity contribution is 5.22. The Morgan fingerprint density at radius 1 is 0.952 bits per heavy atom. The first-order valence-electron chi connectivity index (χ1n) is 8.63. The molecule has 116 valence electrons. The van der Waals surface area contributed by atoms with Crippen LogP contribution in [0.25, 0.3) is 0 Å². The van der Waals surface area contributed by atoms with Crippen molar-refractivity contribution in [3.05, 3.63) is 35.4 Å². The fraction of sp³-hybridized carbons (Fsp3) is 0.684. The molecular weight excluding hydrogens is 258 g/mol. The number of nitrogens with one attached hydrogen (secondary N) is 1. The Bertz CT molecular complexity index is 437. The molecule has 0 saturated heterocycles. The van der Waals surface area contributed by atoms with E-state index in [0.717, 1.165) is 31.0 Å². The maximum Gasteiger partial charge on any atom is 0.0720 e. The second-order valence-corrected chi connectivity index (χ2v) is 7.17. The van der Waals surface area contributed by atoms with E-state index in [2.05, 4.69) is 43.4 Å². The summed E-state index contributed by atoms with van der Waals surface area (Å²) in [5, 5.41) is 3.55. The van der Waals surface area contributed by atoms with Gasteiger partial charge < -0.3 is 10.1 Å². The lowest BCUT2D eigenvalue weighted by Crippen LogP contribution is -2.26. The number of benzene rings is 1. The lowest BCUT2D eigenvalue weighted by Gasteiger charge is -2.32. The third kappa shape index (κ3) is 4.55. The molecule has 1 aromatic carbocycles. The van der Waals surface area contributed by atoms with Gasteiger partial charge in [-0.15, -0.1) is 0 Å². The first kappa shape index (κ1) is 15.1. The standard InChI is InChI=1S/C19H29NO/c1-14-3-10-19(11-15(14)2)21-13-17-6-4-16(5-7-17)12-20-18-8-9-18/h4-7,14-15,18-20H,3,8-13H2,1-2H3. The van der Waals surface area contributed by atoms with Gasteiger partial charge in [0.05, 0.1) is 12.7 Å². The molecule has 3 unspecified atom stereocenters. The van der Waals surface area contributed by atoms with Crippen LogP contribution in [-0.2, 0) is 17.9 Å². The molecule has 2 nitrogen and oxygen atoms in total. The van der Waals surface area contributed by atoms with Gasteiger partial charge in [0.1, 0.15) is 0 Å². The van der Waals surface area contributed by atoms with Crippen molar-refractivity contribution < 1.29 is 4.74 Å². The van der Waals surface area contributed by atoms with E-state index >= 15 is 0 Å². The first-order valence-corrected chi connectivity index (χ1v) is 8.63. The summed E-state index contributed by atoms with van der Waals surface area (Å²) >= 11 is 0. The van der Waals surface area contributed by atoms with Gasteiger partial charge in [0.25, 0.3) is 0 Å². The van der Waals surface area contributed by atoms with E-state index < -0.39 is 0 Å². The highest BCUT2D eigenvalue weighted by atomic mass is 16.5. The van der Waals surface area contributed by atoms with Gasteiger partial charge in [-0.3, -0.25) is 0 Å². The van der Waals surface area contributed by atoms with Crippen molar-refractivity contribution in [3.8, 4) is 0 Å². The molecule has 0 bridgehead atoms. The molecule has 2 saturated carbocycles. The van der Waals surface area contributed by atoms with Crippen molar-refractivity contribution in [2.75, 3.05) is 0 Å². The van der Waals surface area contributed by atoms with Crippen molar-refractivity contribution >= 4 is 0 Å². The van der Waals surface area contributed by atoms with Gasteiger partial charge in [-0.05, 0) is 55.1 Å². The van der Waals surface area contributed by atoms with E-state index in [1.807, 2.05) is 0 Å². The van der Waals surface area contributed by atoms with E-state index in [4.69, 9.17) is 4.74 Å². The second-order valence-electron chi connectivity index (χ2n) is 7.17. The molecule has 1 aromatic rings. The van der Waals surface area contributed by atoms with Gasteiger partial charge in [0.15, 0.2) is 0 Å². The van der Waals surface area contributed by atoms with Crippen LogP contribution in [0.15, 0.2) is 24.3 Å². The molecule has 0 amide bonds. The fourth-order valence-electron chi connectivity index (χ4n) is 3.17. The molecule has 0 heterocycles. The highest BCUT2D eigenvalue weighted by Crippen LogP contribution is 2.31. The Labute approximate surface area is 129 Å². The molecule has 2 aliphatic rings. The van der Waals surface area contributed by atoms with Crippen molar-refractivity contribution in [1.82, 2.24) is 5.32 Å². The molecule has 0 spiro atoms. The van der Waals surface area contributed by atoms with Gasteiger partial charge in [-0.1, -0.05) is 38.1 Å². The lowest BCUT2D eigenvalue weighted by atomic mass is 9.80. The Morgan fingerprint density at radius 3 is 2.33 bits per heavy atom. The van der Waals surface area contributed by atoms with Crippen molar-refractivity contribution in [2.45, 2.75) is 71.2 Å². The smallest absolute Gasteiger partial charge is 0.0720 e. The first-order chi connectivity index (χ1) is 10.2. The van der Waals surface area contributed by atoms with Crippen LogP contribution in [0.2, 0.25) is 0 Å². The third-order valence-electron chi connectivity index (χ3n) is 5.23. The fourth-order valence-corrected chi connectivity index (χ4v) is 3.17. The van der Waals surface area contributed by atoms with Gasteiger partial charge in [-0.2, -0.15) is 0 Å². The Hall–Kier alpha value is -0.860. The van der Waals surface area contributed by atoms with Gasteiger partial charge in [0.2, 0.25) is 0 Å². The SMILES string of the molecule is CC1CCC(OCc2ccc(CNC3CC3)cc2)CC1C. The molecular formula is C19H29NO. The lowest BCUT2D eigenvalue weighted by molar-refractivity contribution is -0.00745. The van der Waals surface area contributed by atoms with Crippen molar-refractivity contribution in [1.29, 1.82) is 0 Å². The molecule has 2 heteroatoms. The van der Waals surface area contributed by atoms with E-state index in [0.29, 0.717) is 6.10 Å². The van der Waals surface area contributed by atoms with E-state index in [1.54, 1.807) is 0 Å². The van der Waals surface area contributed by atoms with Crippen LogP contribution in [0.4, 0.5) is 0 Å². The largest absolute Gasteiger partial charge is 0.374 e. The minimum Gasteiger partial charge on any atom is -0.374 e. The van der Waals surface area contributed by atoms with Crippen LogP contribution in [0.3, 0.4) is 0 Å². The second kappa shape index (κ2) is 6.93. The van der Waals surface area contributed by atoms with Gasteiger partial charge in [-0.25, -0.2) is 0 Å². The normalized spacial score (nSPS) is 29.5. The van der Waals surface area contributed by atoms with Crippen molar-refractivity contribution in [3.63, 3.8) is 0 Å². The number of hydrogen-bond acceptors (Lipinski definition) is 2. The van der Waals surface area contributed by atoms with Gasteiger partial charge in [0, 0.05) is 12.6 Å². The Kier molecular flexibility index (Phi) is 4.97. The number of hydrogen-bond donors (Lipinski definition) is 1. The van der Waals surface area contributed by atoms with Crippen LogP contribution in [0, 0.1) is 11.8 Å². The zero-order valence-corrected chi connectivity index (χ0v) is 13.5. The zero-order chi connectivity index (χ0) is 14.7. The molecule has 3 rings (SSSR count). The topological polar surface area (TPSA) is 21.3 Å². The van der Waals surface area contributed by atoms with E-state index in [-0.39, 0.29) is 0 Å². The quantitative estimate of drug-likeness (QED) is 0.843. The molecule has 1 N–H and O–H groups in total. The molecule has 0 radical (unpaired) electrons. The summed E-state index contributed by atoms with van der Waals surface area (Å²) in [7, 11) is 0. The molecule has 21 heavy (non-hydrogen) atoms. The molecule has 2 fully saturated rings. The number of rotatable bonds is 6. The Balaban J connectivity index is 1.42. The molecule has 0 aromatic heterocycles. The maximum absolute atomic E-state index is 6.12. The molecule has 3 atom stereocenters. The summed E-state index contributed by atoms with van der Waals surface area (Å²) in [5.74, 6) is 1.67. The van der Waals surface area contributed by atoms with Crippen LogP contribution in [0.5, 0.6) is 0 Å². The third-order valence-corrected chi connectivity index (χ3v) is 5.23. The van der Waals surface area contributed by atoms with Crippen LogP contribution >= 0.6 is 0 Å². The highest BCUT2D eigenvalue weighted by Gasteiger charge is 2.24. The Morgan fingerprint density at radius 2 is 1.67 bits per heavy atom. The summed E-state index contributed by atoms with van der Waals surface area (Å²) in [4.78, 5) is 0. The summed E-state index contributed by atoms with van der Waals surface area (Å²) in [6, 6.07) is 9.69. The molecule has 2 aliphatic carbocycles. The predicted octanol–water partition coefficient (Wildman–Crippen LogP) is 4.28.